The van der Waals surface area contributed by atoms with E-state index < -0.39 is 17.3 Å². The number of likely N-dealkylation sites (N-methyl/N-ethyl adjacent to an activating group) is 1. The van der Waals surface area contributed by atoms with Gasteiger partial charge in [-0.25, -0.2) is 0 Å². The Hall–Kier alpha value is -1.14. The third-order valence-corrected chi connectivity index (χ3v) is 5.28. The van der Waals surface area contributed by atoms with Gasteiger partial charge in [-0.15, -0.1) is 0 Å². The molecule has 0 unspecified atom stereocenters. The molecule has 0 aromatic carbocycles. The van der Waals surface area contributed by atoms with Crippen molar-refractivity contribution < 1.29 is 19.4 Å². The standard InChI is InChI=1S/C14H22N2O4/c1-14(13(18)19)10-4-3-9(20-10)11(14)12(17)16-7-5-15(2)6-8-16/h9-11H,3-8H2,1-2H3,(H,18,19)/t9-,10+,11+,14+/m0/s1. The van der Waals surface area contributed by atoms with Crippen LogP contribution in [0.5, 0.6) is 0 Å². The van der Waals surface area contributed by atoms with Crippen LogP contribution < -0.4 is 0 Å². The first kappa shape index (κ1) is 13.8. The summed E-state index contributed by atoms with van der Waals surface area (Å²) in [5.41, 5.74) is -1.07. The molecule has 6 nitrogen and oxygen atoms in total. The van der Waals surface area contributed by atoms with Gasteiger partial charge in [0.25, 0.3) is 0 Å². The van der Waals surface area contributed by atoms with Crippen LogP contribution in [-0.4, -0.2) is 72.2 Å². The molecule has 3 aliphatic heterocycles. The molecule has 112 valence electrons. The Morgan fingerprint density at radius 3 is 2.45 bits per heavy atom. The largest absolute Gasteiger partial charge is 0.481 e. The third-order valence-electron chi connectivity index (χ3n) is 5.28. The Labute approximate surface area is 118 Å². The highest BCUT2D eigenvalue weighted by Crippen LogP contribution is 2.52. The second-order valence-corrected chi connectivity index (χ2v) is 6.43. The summed E-state index contributed by atoms with van der Waals surface area (Å²) >= 11 is 0. The van der Waals surface area contributed by atoms with Crippen molar-refractivity contribution in [3.05, 3.63) is 0 Å². The van der Waals surface area contributed by atoms with Crippen molar-refractivity contribution in [2.45, 2.75) is 32.0 Å². The van der Waals surface area contributed by atoms with Crippen LogP contribution in [0.25, 0.3) is 0 Å². The van der Waals surface area contributed by atoms with Gasteiger partial charge in [0.2, 0.25) is 5.91 Å². The summed E-state index contributed by atoms with van der Waals surface area (Å²) in [6.07, 6.45) is 1.03. The predicted octanol–water partition coefficient (Wildman–Crippen LogP) is 0.0287. The van der Waals surface area contributed by atoms with Gasteiger partial charge < -0.3 is 19.6 Å². The average molecular weight is 282 g/mol. The fourth-order valence-corrected chi connectivity index (χ4v) is 3.85. The maximum atomic E-state index is 12.8. The first-order valence-electron chi connectivity index (χ1n) is 7.30. The van der Waals surface area contributed by atoms with Crippen LogP contribution in [0.1, 0.15) is 19.8 Å². The van der Waals surface area contributed by atoms with Crippen LogP contribution in [0.3, 0.4) is 0 Å². The van der Waals surface area contributed by atoms with Crippen molar-refractivity contribution in [1.29, 1.82) is 0 Å². The van der Waals surface area contributed by atoms with Crippen molar-refractivity contribution in [1.82, 2.24) is 9.80 Å². The monoisotopic (exact) mass is 282 g/mol. The first-order chi connectivity index (χ1) is 9.44. The lowest BCUT2D eigenvalue weighted by atomic mass is 9.67. The van der Waals surface area contributed by atoms with Gasteiger partial charge in [0.1, 0.15) is 5.41 Å². The van der Waals surface area contributed by atoms with Crippen molar-refractivity contribution in [2.24, 2.45) is 11.3 Å². The minimum atomic E-state index is -1.07. The second kappa shape index (κ2) is 4.70. The molecular weight excluding hydrogens is 260 g/mol. The molecule has 0 spiro atoms. The average Bonchev–Trinajstić information content (AvgIpc) is 2.98. The molecule has 1 amide bonds. The zero-order valence-corrected chi connectivity index (χ0v) is 12.0. The molecule has 0 radical (unpaired) electrons. The molecule has 3 fully saturated rings. The van der Waals surface area contributed by atoms with Gasteiger partial charge >= 0.3 is 5.97 Å². The molecule has 20 heavy (non-hydrogen) atoms. The minimum Gasteiger partial charge on any atom is -0.481 e. The van der Waals surface area contributed by atoms with Gasteiger partial charge in [-0.2, -0.15) is 0 Å². The van der Waals surface area contributed by atoms with Crippen molar-refractivity contribution in [2.75, 3.05) is 33.2 Å². The molecule has 2 bridgehead atoms. The quantitative estimate of drug-likeness (QED) is 0.774. The van der Waals surface area contributed by atoms with E-state index in [1.807, 2.05) is 11.9 Å². The van der Waals surface area contributed by atoms with Crippen molar-refractivity contribution in [3.63, 3.8) is 0 Å². The lowest BCUT2D eigenvalue weighted by Crippen LogP contribution is -2.55. The van der Waals surface area contributed by atoms with Gasteiger partial charge in [0, 0.05) is 26.2 Å². The van der Waals surface area contributed by atoms with Gasteiger partial charge in [-0.3, -0.25) is 9.59 Å². The van der Waals surface area contributed by atoms with E-state index >= 15 is 0 Å². The number of amides is 1. The molecular formula is C14H22N2O4. The predicted molar refractivity (Wildman–Crippen MR) is 71.2 cm³/mol. The van der Waals surface area contributed by atoms with E-state index in [-0.39, 0.29) is 18.1 Å². The smallest absolute Gasteiger partial charge is 0.312 e. The Kier molecular flexibility index (Phi) is 3.25. The molecule has 0 aliphatic carbocycles. The highest BCUT2D eigenvalue weighted by Gasteiger charge is 2.64. The fourth-order valence-electron chi connectivity index (χ4n) is 3.85. The molecule has 1 N–H and O–H groups in total. The van der Waals surface area contributed by atoms with Gasteiger partial charge in [0.15, 0.2) is 0 Å². The molecule has 4 atom stereocenters. The Morgan fingerprint density at radius 2 is 1.85 bits per heavy atom. The van der Waals surface area contributed by atoms with E-state index in [2.05, 4.69) is 4.90 Å². The highest BCUT2D eigenvalue weighted by atomic mass is 16.5. The topological polar surface area (TPSA) is 70.1 Å². The number of hydrogen-bond acceptors (Lipinski definition) is 4. The van der Waals surface area contributed by atoms with E-state index in [4.69, 9.17) is 4.74 Å². The van der Waals surface area contributed by atoms with Gasteiger partial charge in [-0.05, 0) is 26.8 Å². The second-order valence-electron chi connectivity index (χ2n) is 6.43. The Morgan fingerprint density at radius 1 is 1.20 bits per heavy atom. The molecule has 3 rings (SSSR count). The number of ether oxygens (including phenoxy) is 1. The maximum Gasteiger partial charge on any atom is 0.312 e. The lowest BCUT2D eigenvalue weighted by molar-refractivity contribution is -0.160. The van der Waals surface area contributed by atoms with Crippen LogP contribution in [0.2, 0.25) is 0 Å². The summed E-state index contributed by atoms with van der Waals surface area (Å²) in [4.78, 5) is 28.5. The number of hydrogen-bond donors (Lipinski definition) is 1. The molecule has 3 saturated heterocycles. The summed E-state index contributed by atoms with van der Waals surface area (Å²) in [5.74, 6) is -1.46. The van der Waals surface area contributed by atoms with E-state index in [1.54, 1.807) is 6.92 Å². The molecule has 0 aromatic rings. The number of carboxylic acid groups (broad SMARTS) is 1. The molecule has 3 aliphatic rings. The highest BCUT2D eigenvalue weighted by molar-refractivity contribution is 5.89. The van der Waals surface area contributed by atoms with E-state index in [0.717, 1.165) is 25.9 Å². The summed E-state index contributed by atoms with van der Waals surface area (Å²) in [5, 5.41) is 9.60. The third kappa shape index (κ3) is 1.85. The van der Waals surface area contributed by atoms with Crippen LogP contribution in [0, 0.1) is 11.3 Å². The van der Waals surface area contributed by atoms with E-state index in [9.17, 15) is 14.7 Å². The zero-order chi connectivity index (χ0) is 14.5. The zero-order valence-electron chi connectivity index (χ0n) is 12.0. The lowest BCUT2D eigenvalue weighted by Gasteiger charge is -2.39. The van der Waals surface area contributed by atoms with Crippen molar-refractivity contribution in [3.8, 4) is 0 Å². The van der Waals surface area contributed by atoms with Crippen LogP contribution in [0.4, 0.5) is 0 Å². The number of carboxylic acids is 1. The number of nitrogens with zero attached hydrogens (tertiary/aromatic N) is 2. The molecule has 0 saturated carbocycles. The number of fused-ring (bicyclic) bond motifs is 2. The summed E-state index contributed by atoms with van der Waals surface area (Å²) in [6, 6.07) is 0. The Balaban J connectivity index is 1.81. The number of carbonyl (C=O) groups is 2. The van der Waals surface area contributed by atoms with E-state index in [0.29, 0.717) is 13.1 Å². The maximum absolute atomic E-state index is 12.8. The number of piperazine rings is 1. The minimum absolute atomic E-state index is 0.0322. The number of aliphatic carboxylic acids is 1. The number of rotatable bonds is 2. The fraction of sp³-hybridized carbons (Fsp3) is 0.857. The summed E-state index contributed by atoms with van der Waals surface area (Å²) in [7, 11) is 2.03. The molecule has 0 aromatic heterocycles. The van der Waals surface area contributed by atoms with Gasteiger partial charge in [0.05, 0.1) is 18.1 Å². The van der Waals surface area contributed by atoms with E-state index in [1.165, 1.54) is 0 Å². The van der Waals surface area contributed by atoms with Crippen molar-refractivity contribution >= 4 is 11.9 Å². The summed E-state index contributed by atoms with van der Waals surface area (Å²) in [6.45, 7) is 4.73. The molecule has 6 heteroatoms. The normalized spacial score (nSPS) is 41.1. The molecule has 3 heterocycles. The van der Waals surface area contributed by atoms with Crippen LogP contribution in [0.15, 0.2) is 0 Å². The van der Waals surface area contributed by atoms with Crippen LogP contribution >= 0.6 is 0 Å². The number of carbonyl (C=O) groups excluding carboxylic acids is 1. The first-order valence-corrected chi connectivity index (χ1v) is 7.30. The van der Waals surface area contributed by atoms with Gasteiger partial charge in [-0.1, -0.05) is 0 Å². The SMILES string of the molecule is CN1CCN(C(=O)[C@H]2[C@@H]3CC[C@@H](O3)[C@@]2(C)C(=O)O)CC1. The summed E-state index contributed by atoms with van der Waals surface area (Å²) < 4.78 is 5.76. The van der Waals surface area contributed by atoms with Crippen LogP contribution in [-0.2, 0) is 14.3 Å². The Bertz CT molecular complexity index is 433.